The smallest absolute Gasteiger partial charge is 0.258 e. The monoisotopic (exact) mass is 244 g/mol. The van der Waals surface area contributed by atoms with Gasteiger partial charge in [-0.3, -0.25) is 4.79 Å². The van der Waals surface area contributed by atoms with E-state index in [1.165, 1.54) is 19.2 Å². The van der Waals surface area contributed by atoms with Gasteiger partial charge in [-0.15, -0.1) is 0 Å². The van der Waals surface area contributed by atoms with E-state index in [1.54, 1.807) is 6.07 Å². The van der Waals surface area contributed by atoms with Crippen LogP contribution in [0, 0.1) is 5.41 Å². The van der Waals surface area contributed by atoms with Gasteiger partial charge < -0.3 is 16.0 Å². The Bertz CT molecular complexity index is 658. The SMILES string of the molecule is CC1(CNc2cc3nc[nH]c(=O)c3cc2N)CC1. The summed E-state index contributed by atoms with van der Waals surface area (Å²) in [4.78, 5) is 18.3. The Morgan fingerprint density at radius 1 is 1.50 bits per heavy atom. The molecule has 0 aliphatic heterocycles. The molecule has 0 radical (unpaired) electrons. The topological polar surface area (TPSA) is 83.8 Å². The van der Waals surface area contributed by atoms with Crippen molar-refractivity contribution in [1.29, 1.82) is 0 Å². The van der Waals surface area contributed by atoms with Gasteiger partial charge in [0.15, 0.2) is 0 Å². The van der Waals surface area contributed by atoms with Gasteiger partial charge in [0.25, 0.3) is 5.56 Å². The lowest BCUT2D eigenvalue weighted by Gasteiger charge is -2.13. The summed E-state index contributed by atoms with van der Waals surface area (Å²) in [7, 11) is 0. The van der Waals surface area contributed by atoms with E-state index in [9.17, 15) is 4.79 Å². The number of rotatable bonds is 3. The molecule has 1 saturated carbocycles. The second-order valence-corrected chi connectivity index (χ2v) is 5.35. The maximum absolute atomic E-state index is 11.6. The zero-order chi connectivity index (χ0) is 12.8. The van der Waals surface area contributed by atoms with Crippen LogP contribution in [-0.4, -0.2) is 16.5 Å². The van der Waals surface area contributed by atoms with Crippen molar-refractivity contribution < 1.29 is 0 Å². The van der Waals surface area contributed by atoms with Gasteiger partial charge >= 0.3 is 0 Å². The van der Waals surface area contributed by atoms with Crippen molar-refractivity contribution in [3.05, 3.63) is 28.8 Å². The number of benzene rings is 1. The Morgan fingerprint density at radius 3 is 3.00 bits per heavy atom. The van der Waals surface area contributed by atoms with E-state index in [4.69, 9.17) is 5.73 Å². The van der Waals surface area contributed by atoms with Gasteiger partial charge in [-0.1, -0.05) is 6.92 Å². The van der Waals surface area contributed by atoms with Crippen molar-refractivity contribution in [2.24, 2.45) is 5.41 Å². The predicted molar refractivity (Wildman–Crippen MR) is 72.6 cm³/mol. The maximum atomic E-state index is 11.6. The van der Waals surface area contributed by atoms with Crippen LogP contribution in [0.5, 0.6) is 0 Å². The van der Waals surface area contributed by atoms with Crippen LogP contribution in [0.4, 0.5) is 11.4 Å². The quantitative estimate of drug-likeness (QED) is 0.718. The summed E-state index contributed by atoms with van der Waals surface area (Å²) in [6.07, 6.45) is 3.92. The Labute approximate surface area is 104 Å². The van der Waals surface area contributed by atoms with Crippen LogP contribution in [-0.2, 0) is 0 Å². The van der Waals surface area contributed by atoms with E-state index in [1.807, 2.05) is 6.07 Å². The first-order valence-corrected chi connectivity index (χ1v) is 6.08. The van der Waals surface area contributed by atoms with E-state index in [-0.39, 0.29) is 5.56 Å². The molecule has 2 aromatic rings. The molecule has 3 rings (SSSR count). The normalized spacial score (nSPS) is 16.7. The average Bonchev–Trinajstić information content (AvgIpc) is 3.07. The third kappa shape index (κ3) is 1.92. The van der Waals surface area contributed by atoms with Gasteiger partial charge in [0.2, 0.25) is 0 Å². The highest BCUT2D eigenvalue weighted by Gasteiger charge is 2.36. The molecule has 5 nitrogen and oxygen atoms in total. The molecular formula is C13H16N4O. The molecule has 1 aliphatic rings. The molecular weight excluding hydrogens is 228 g/mol. The van der Waals surface area contributed by atoms with Crippen LogP contribution in [0.25, 0.3) is 10.9 Å². The standard InChI is InChI=1S/C13H16N4O/c1-13(2-3-13)6-15-11-5-10-8(4-9(11)14)12(18)17-7-16-10/h4-5,7,15H,2-3,6,14H2,1H3,(H,16,17,18). The molecule has 0 atom stereocenters. The number of aromatic nitrogens is 2. The molecule has 1 aromatic carbocycles. The van der Waals surface area contributed by atoms with Gasteiger partial charge in [-0.2, -0.15) is 0 Å². The van der Waals surface area contributed by atoms with Crippen LogP contribution in [0.3, 0.4) is 0 Å². The number of hydrogen-bond acceptors (Lipinski definition) is 4. The molecule has 4 N–H and O–H groups in total. The van der Waals surface area contributed by atoms with Gasteiger partial charge in [-0.05, 0) is 30.4 Å². The molecule has 1 aromatic heterocycles. The lowest BCUT2D eigenvalue weighted by atomic mass is 10.1. The molecule has 0 saturated heterocycles. The first-order valence-electron chi connectivity index (χ1n) is 6.08. The van der Waals surface area contributed by atoms with Gasteiger partial charge in [0.05, 0.1) is 28.6 Å². The van der Waals surface area contributed by atoms with Gasteiger partial charge in [0.1, 0.15) is 0 Å². The molecule has 1 aliphatic carbocycles. The predicted octanol–water partition coefficient (Wildman–Crippen LogP) is 1.72. The lowest BCUT2D eigenvalue weighted by molar-refractivity contribution is 0.611. The van der Waals surface area contributed by atoms with E-state index >= 15 is 0 Å². The largest absolute Gasteiger partial charge is 0.397 e. The van der Waals surface area contributed by atoms with Gasteiger partial charge in [-0.25, -0.2) is 4.98 Å². The zero-order valence-electron chi connectivity index (χ0n) is 10.3. The molecule has 0 amide bonds. The van der Waals surface area contributed by atoms with E-state index in [0.29, 0.717) is 22.0 Å². The summed E-state index contributed by atoms with van der Waals surface area (Å²) in [6.45, 7) is 3.16. The molecule has 5 heteroatoms. The Morgan fingerprint density at radius 2 is 2.28 bits per heavy atom. The number of H-pyrrole nitrogens is 1. The van der Waals surface area contributed by atoms with Crippen LogP contribution in [0.2, 0.25) is 0 Å². The highest BCUT2D eigenvalue weighted by atomic mass is 16.1. The Balaban J connectivity index is 1.97. The van der Waals surface area contributed by atoms with Crippen molar-refractivity contribution >= 4 is 22.3 Å². The van der Waals surface area contributed by atoms with Crippen molar-refractivity contribution in [2.45, 2.75) is 19.8 Å². The number of hydrogen-bond donors (Lipinski definition) is 3. The third-order valence-corrected chi connectivity index (χ3v) is 3.62. The van der Waals surface area contributed by atoms with Crippen LogP contribution in [0.1, 0.15) is 19.8 Å². The lowest BCUT2D eigenvalue weighted by Crippen LogP contribution is -2.14. The highest BCUT2D eigenvalue weighted by molar-refractivity contribution is 5.88. The van der Waals surface area contributed by atoms with E-state index in [0.717, 1.165) is 12.2 Å². The van der Waals surface area contributed by atoms with Crippen molar-refractivity contribution in [3.8, 4) is 0 Å². The number of aromatic amines is 1. The highest BCUT2D eigenvalue weighted by Crippen LogP contribution is 2.45. The second-order valence-electron chi connectivity index (χ2n) is 5.35. The Kier molecular flexibility index (Phi) is 2.29. The molecule has 1 heterocycles. The second kappa shape index (κ2) is 3.73. The van der Waals surface area contributed by atoms with Gasteiger partial charge in [0, 0.05) is 6.54 Å². The Hall–Kier alpha value is -2.04. The van der Waals surface area contributed by atoms with Crippen molar-refractivity contribution in [2.75, 3.05) is 17.6 Å². The summed E-state index contributed by atoms with van der Waals surface area (Å²) >= 11 is 0. The molecule has 1 fully saturated rings. The number of nitrogens with zero attached hydrogens (tertiary/aromatic N) is 1. The summed E-state index contributed by atoms with van der Waals surface area (Å²) in [5.74, 6) is 0. The number of anilines is 2. The third-order valence-electron chi connectivity index (χ3n) is 3.62. The maximum Gasteiger partial charge on any atom is 0.258 e. The van der Waals surface area contributed by atoms with Crippen molar-refractivity contribution in [1.82, 2.24) is 9.97 Å². The number of nitrogens with one attached hydrogen (secondary N) is 2. The fourth-order valence-corrected chi connectivity index (χ4v) is 1.98. The molecule has 0 spiro atoms. The fraction of sp³-hybridized carbons (Fsp3) is 0.385. The fourth-order valence-electron chi connectivity index (χ4n) is 1.98. The minimum absolute atomic E-state index is 0.160. The average molecular weight is 244 g/mol. The van der Waals surface area contributed by atoms with Crippen LogP contribution in [0.15, 0.2) is 23.3 Å². The zero-order valence-corrected chi connectivity index (χ0v) is 10.3. The summed E-state index contributed by atoms with van der Waals surface area (Å²) in [5, 5.41) is 3.88. The molecule has 18 heavy (non-hydrogen) atoms. The first-order chi connectivity index (χ1) is 8.57. The van der Waals surface area contributed by atoms with E-state index in [2.05, 4.69) is 22.2 Å². The minimum atomic E-state index is -0.160. The molecule has 94 valence electrons. The number of nitrogen functional groups attached to an aromatic ring is 1. The number of fused-ring (bicyclic) bond motifs is 1. The number of nitrogens with two attached hydrogens (primary N) is 1. The minimum Gasteiger partial charge on any atom is -0.397 e. The summed E-state index contributed by atoms with van der Waals surface area (Å²) in [6, 6.07) is 3.52. The first kappa shape index (κ1) is 11.1. The van der Waals surface area contributed by atoms with E-state index < -0.39 is 0 Å². The van der Waals surface area contributed by atoms with Crippen LogP contribution < -0.4 is 16.6 Å². The van der Waals surface area contributed by atoms with Crippen molar-refractivity contribution in [3.63, 3.8) is 0 Å². The molecule has 0 bridgehead atoms. The summed E-state index contributed by atoms with van der Waals surface area (Å²) in [5.41, 5.74) is 8.31. The molecule has 0 unspecified atom stereocenters. The summed E-state index contributed by atoms with van der Waals surface area (Å²) < 4.78 is 0. The van der Waals surface area contributed by atoms with Crippen LogP contribution >= 0.6 is 0 Å².